The van der Waals surface area contributed by atoms with Crippen LogP contribution in [0.1, 0.15) is 53.4 Å². The molecular weight excluding hydrogens is 360 g/mol. The molecule has 2 nitrogen and oxygen atoms in total. The predicted molar refractivity (Wildman–Crippen MR) is 118 cm³/mol. The quantitative estimate of drug-likeness (QED) is 0.299. The number of carbonyl (C=O) groups excluding carboxylic acids is 1. The van der Waals surface area contributed by atoms with Crippen molar-refractivity contribution < 1.29 is 9.22 Å². The lowest BCUT2D eigenvalue weighted by Crippen LogP contribution is -2.42. The fourth-order valence-electron chi connectivity index (χ4n) is 6.95. The Morgan fingerprint density at radius 3 is 2.64 bits per heavy atom. The van der Waals surface area contributed by atoms with E-state index in [0.29, 0.717) is 17.8 Å². The van der Waals surface area contributed by atoms with Gasteiger partial charge >= 0.3 is 0 Å². The Bertz CT molecular complexity index is 837. The lowest BCUT2D eigenvalue weighted by atomic mass is 9.53. The second kappa shape index (κ2) is 6.32. The molecule has 0 amide bonds. The molecule has 4 aliphatic carbocycles. The SMILES string of the molecule is C/C(O[Si](C)(C)C)=C1\[C@H](C)CC2C3CCC4=CC(=O)C=C[C@]4(C)C3=CC[C@]12C. The van der Waals surface area contributed by atoms with Crippen molar-refractivity contribution in [3.63, 3.8) is 0 Å². The van der Waals surface area contributed by atoms with E-state index in [0.717, 1.165) is 12.8 Å². The fraction of sp³-hybridized carbons (Fsp3) is 0.640. The summed E-state index contributed by atoms with van der Waals surface area (Å²) in [5.74, 6) is 3.26. The maximum Gasteiger partial charge on any atom is 0.241 e. The van der Waals surface area contributed by atoms with Gasteiger partial charge in [-0.15, -0.1) is 0 Å². The highest BCUT2D eigenvalue weighted by atomic mass is 28.4. The average molecular weight is 397 g/mol. The van der Waals surface area contributed by atoms with Gasteiger partial charge < -0.3 is 4.43 Å². The number of carbonyl (C=O) groups is 1. The lowest BCUT2D eigenvalue weighted by Gasteiger charge is -2.51. The van der Waals surface area contributed by atoms with Crippen molar-refractivity contribution in [2.45, 2.75) is 73.0 Å². The van der Waals surface area contributed by atoms with E-state index in [9.17, 15) is 4.79 Å². The summed E-state index contributed by atoms with van der Waals surface area (Å²) in [6.45, 7) is 16.3. The maximum absolute atomic E-state index is 11.9. The third-order valence-corrected chi connectivity index (χ3v) is 8.81. The van der Waals surface area contributed by atoms with Crippen LogP contribution in [-0.4, -0.2) is 14.1 Å². The van der Waals surface area contributed by atoms with Crippen LogP contribution in [0.25, 0.3) is 0 Å². The first-order chi connectivity index (χ1) is 13.0. The molecular formula is C25H36O2Si. The summed E-state index contributed by atoms with van der Waals surface area (Å²) in [6, 6.07) is 0. The second-order valence-corrected chi connectivity index (χ2v) is 15.4. The minimum absolute atomic E-state index is 0.0439. The van der Waals surface area contributed by atoms with Crippen molar-refractivity contribution in [1.82, 2.24) is 0 Å². The Hall–Kier alpha value is -1.35. The van der Waals surface area contributed by atoms with E-state index in [1.54, 1.807) is 17.2 Å². The number of hydrogen-bond donors (Lipinski definition) is 0. The normalized spacial score (nSPS) is 41.5. The number of fused-ring (bicyclic) bond motifs is 5. The van der Waals surface area contributed by atoms with Crippen LogP contribution in [0, 0.1) is 28.6 Å². The highest BCUT2D eigenvalue weighted by Crippen LogP contribution is 2.65. The number of rotatable bonds is 2. The Balaban J connectivity index is 1.75. The molecule has 152 valence electrons. The summed E-state index contributed by atoms with van der Waals surface area (Å²) in [4.78, 5) is 11.9. The number of hydrogen-bond acceptors (Lipinski definition) is 2. The molecule has 0 bridgehead atoms. The van der Waals surface area contributed by atoms with Gasteiger partial charge in [0.1, 0.15) is 0 Å². The maximum atomic E-state index is 11.9. The average Bonchev–Trinajstić information content (AvgIpc) is 2.84. The van der Waals surface area contributed by atoms with Crippen LogP contribution in [0.15, 0.2) is 46.8 Å². The van der Waals surface area contributed by atoms with E-state index < -0.39 is 8.32 Å². The van der Waals surface area contributed by atoms with Gasteiger partial charge in [0, 0.05) is 5.41 Å². The van der Waals surface area contributed by atoms with Gasteiger partial charge in [-0.05, 0) is 100 Å². The monoisotopic (exact) mass is 396 g/mol. The van der Waals surface area contributed by atoms with E-state index in [1.807, 2.05) is 6.08 Å². The molecule has 0 aromatic rings. The fourth-order valence-corrected chi connectivity index (χ4v) is 7.98. The molecule has 0 spiro atoms. The van der Waals surface area contributed by atoms with Gasteiger partial charge in [-0.3, -0.25) is 4.79 Å². The first-order valence-electron chi connectivity index (χ1n) is 11.0. The molecule has 0 aromatic heterocycles. The van der Waals surface area contributed by atoms with Gasteiger partial charge in [0.15, 0.2) is 5.78 Å². The molecule has 0 radical (unpaired) electrons. The summed E-state index contributed by atoms with van der Waals surface area (Å²) in [5.41, 5.74) is 4.65. The first kappa shape index (κ1) is 19.9. The number of ketones is 1. The topological polar surface area (TPSA) is 26.3 Å². The van der Waals surface area contributed by atoms with Crippen molar-refractivity contribution in [1.29, 1.82) is 0 Å². The van der Waals surface area contributed by atoms with Crippen LogP contribution in [0.5, 0.6) is 0 Å². The Morgan fingerprint density at radius 2 is 1.96 bits per heavy atom. The van der Waals surface area contributed by atoms with Crippen LogP contribution >= 0.6 is 0 Å². The van der Waals surface area contributed by atoms with Gasteiger partial charge in [0.2, 0.25) is 8.32 Å². The van der Waals surface area contributed by atoms with E-state index >= 15 is 0 Å². The number of allylic oxidation sites excluding steroid dienone is 8. The van der Waals surface area contributed by atoms with Gasteiger partial charge in [0.25, 0.3) is 0 Å². The molecule has 0 saturated heterocycles. The lowest BCUT2D eigenvalue weighted by molar-refractivity contribution is -0.110. The standard InChI is InChI=1S/C25H36O2Si/c1-16-14-22-20-9-8-18-15-19(26)10-12-24(18,3)21(20)11-13-25(22,4)23(16)17(2)27-28(5,6)7/h10-12,15-16,20,22H,8-9,13-14H2,1-7H3/b23-17-/t16-,20?,22?,24+,25+/m1/s1. The molecule has 4 rings (SSSR count). The summed E-state index contributed by atoms with van der Waals surface area (Å²) < 4.78 is 6.50. The molecule has 2 fully saturated rings. The van der Waals surface area contributed by atoms with Crippen molar-refractivity contribution in [3.8, 4) is 0 Å². The van der Waals surface area contributed by atoms with E-state index in [4.69, 9.17) is 4.43 Å². The van der Waals surface area contributed by atoms with E-state index in [-0.39, 0.29) is 16.6 Å². The molecule has 0 heterocycles. The molecule has 28 heavy (non-hydrogen) atoms. The van der Waals surface area contributed by atoms with E-state index in [2.05, 4.69) is 59.5 Å². The molecule has 4 aliphatic rings. The third-order valence-electron chi connectivity index (χ3n) is 7.89. The largest absolute Gasteiger partial charge is 0.548 e. The minimum Gasteiger partial charge on any atom is -0.548 e. The van der Waals surface area contributed by atoms with Crippen LogP contribution in [0.4, 0.5) is 0 Å². The Morgan fingerprint density at radius 1 is 1.25 bits per heavy atom. The minimum atomic E-state index is -1.61. The highest BCUT2D eigenvalue weighted by Gasteiger charge is 2.56. The van der Waals surface area contributed by atoms with Crippen molar-refractivity contribution in [3.05, 3.63) is 46.8 Å². The Labute approximate surface area is 171 Å². The molecule has 5 atom stereocenters. The van der Waals surface area contributed by atoms with Crippen LogP contribution in [0.3, 0.4) is 0 Å². The zero-order valence-corrected chi connectivity index (χ0v) is 19.7. The zero-order chi connectivity index (χ0) is 20.5. The van der Waals surface area contributed by atoms with Crippen LogP contribution in [-0.2, 0) is 9.22 Å². The molecule has 3 heteroatoms. The van der Waals surface area contributed by atoms with Gasteiger partial charge in [0.05, 0.1) is 5.76 Å². The summed E-state index contributed by atoms with van der Waals surface area (Å²) in [7, 11) is -1.61. The van der Waals surface area contributed by atoms with Crippen molar-refractivity contribution in [2.75, 3.05) is 0 Å². The summed E-state index contributed by atoms with van der Waals surface area (Å²) in [5, 5.41) is 0. The Kier molecular flexibility index (Phi) is 4.50. The van der Waals surface area contributed by atoms with Crippen molar-refractivity contribution >= 4 is 14.1 Å². The van der Waals surface area contributed by atoms with E-state index in [1.165, 1.54) is 24.2 Å². The molecule has 0 aromatic carbocycles. The van der Waals surface area contributed by atoms with Gasteiger partial charge in [-0.1, -0.05) is 37.1 Å². The smallest absolute Gasteiger partial charge is 0.241 e. The molecule has 0 aliphatic heterocycles. The van der Waals surface area contributed by atoms with Gasteiger partial charge in [-0.2, -0.15) is 0 Å². The van der Waals surface area contributed by atoms with Gasteiger partial charge in [-0.25, -0.2) is 0 Å². The molecule has 2 unspecified atom stereocenters. The molecule has 2 saturated carbocycles. The highest BCUT2D eigenvalue weighted by molar-refractivity contribution is 6.70. The zero-order valence-electron chi connectivity index (χ0n) is 18.7. The predicted octanol–water partition coefficient (Wildman–Crippen LogP) is 6.59. The first-order valence-corrected chi connectivity index (χ1v) is 14.4. The van der Waals surface area contributed by atoms with Crippen LogP contribution < -0.4 is 0 Å². The van der Waals surface area contributed by atoms with Crippen LogP contribution in [0.2, 0.25) is 19.6 Å². The third kappa shape index (κ3) is 2.92. The summed E-state index contributed by atoms with van der Waals surface area (Å²) in [6.07, 6.45) is 13.0. The second-order valence-electron chi connectivity index (χ2n) is 11.0. The molecule has 0 N–H and O–H groups in total. The summed E-state index contributed by atoms with van der Waals surface area (Å²) >= 11 is 0. The van der Waals surface area contributed by atoms with Crippen molar-refractivity contribution in [2.24, 2.45) is 28.6 Å².